The van der Waals surface area contributed by atoms with E-state index in [4.69, 9.17) is 18.6 Å². The molecule has 26 heavy (non-hydrogen) atoms. The lowest BCUT2D eigenvalue weighted by Crippen LogP contribution is -2.36. The molecule has 1 aliphatic rings. The molecule has 1 fully saturated rings. The van der Waals surface area contributed by atoms with Crippen LogP contribution in [0.2, 0.25) is 0 Å². The number of carbonyl (C=O) groups is 1. The molecule has 1 amide bonds. The van der Waals surface area contributed by atoms with Gasteiger partial charge in [-0.25, -0.2) is 0 Å². The van der Waals surface area contributed by atoms with Gasteiger partial charge in [-0.3, -0.25) is 4.79 Å². The van der Waals surface area contributed by atoms with E-state index >= 15 is 0 Å². The Kier molecular flexibility index (Phi) is 5.40. The highest BCUT2D eigenvalue weighted by molar-refractivity contribution is 5.80. The zero-order valence-electron chi connectivity index (χ0n) is 15.7. The maximum atomic E-state index is 13.1. The smallest absolute Gasteiger partial charge is 0.227 e. The van der Waals surface area contributed by atoms with Crippen LogP contribution in [0.1, 0.15) is 37.1 Å². The van der Waals surface area contributed by atoms with Crippen molar-refractivity contribution in [3.63, 3.8) is 0 Å². The van der Waals surface area contributed by atoms with E-state index < -0.39 is 0 Å². The van der Waals surface area contributed by atoms with E-state index in [0.29, 0.717) is 17.2 Å². The summed E-state index contributed by atoms with van der Waals surface area (Å²) >= 11 is 0. The van der Waals surface area contributed by atoms with E-state index in [1.165, 1.54) is 0 Å². The van der Waals surface area contributed by atoms with Crippen molar-refractivity contribution in [3.8, 4) is 17.2 Å². The molecule has 1 aliphatic carbocycles. The molecule has 6 nitrogen and oxygen atoms in total. The lowest BCUT2D eigenvalue weighted by atomic mass is 10.1. The first-order valence-electron chi connectivity index (χ1n) is 8.72. The average Bonchev–Trinajstić information content (AvgIpc) is 3.31. The van der Waals surface area contributed by atoms with Gasteiger partial charge < -0.3 is 23.5 Å². The predicted octanol–water partition coefficient (Wildman–Crippen LogP) is 3.60. The standard InChI is InChI=1S/C20H25NO5/c1-13(16-6-5-9-26-16)21(15-7-8-15)19(22)12-14-10-17(23-2)20(25-4)18(11-14)24-3/h5-6,9-11,13,15H,7-8,12H2,1-4H3. The molecule has 1 aromatic heterocycles. The summed E-state index contributed by atoms with van der Waals surface area (Å²) in [5.74, 6) is 2.48. The Bertz CT molecular complexity index is 727. The molecule has 1 unspecified atom stereocenters. The monoisotopic (exact) mass is 359 g/mol. The summed E-state index contributed by atoms with van der Waals surface area (Å²) in [5.41, 5.74) is 0.821. The maximum Gasteiger partial charge on any atom is 0.227 e. The summed E-state index contributed by atoms with van der Waals surface area (Å²) in [6.45, 7) is 2.00. The van der Waals surface area contributed by atoms with Crippen LogP contribution in [0.5, 0.6) is 17.2 Å². The van der Waals surface area contributed by atoms with E-state index in [1.54, 1.807) is 27.6 Å². The first-order valence-corrected chi connectivity index (χ1v) is 8.72. The van der Waals surface area contributed by atoms with Crippen LogP contribution in [0.15, 0.2) is 34.9 Å². The van der Waals surface area contributed by atoms with Crippen LogP contribution in [0.4, 0.5) is 0 Å². The third-order valence-corrected chi connectivity index (χ3v) is 4.68. The highest BCUT2D eigenvalue weighted by atomic mass is 16.5. The van der Waals surface area contributed by atoms with Crippen LogP contribution in [0, 0.1) is 0 Å². The predicted molar refractivity (Wildman–Crippen MR) is 96.8 cm³/mol. The van der Waals surface area contributed by atoms with Crippen molar-refractivity contribution in [2.45, 2.75) is 38.3 Å². The van der Waals surface area contributed by atoms with Crippen molar-refractivity contribution in [2.75, 3.05) is 21.3 Å². The average molecular weight is 359 g/mol. The summed E-state index contributed by atoms with van der Waals surface area (Å²) in [6, 6.07) is 7.59. The molecule has 0 bridgehead atoms. The second kappa shape index (κ2) is 7.72. The number of nitrogens with zero attached hydrogens (tertiary/aromatic N) is 1. The maximum absolute atomic E-state index is 13.1. The molecule has 1 saturated carbocycles. The number of furan rings is 1. The van der Waals surface area contributed by atoms with Crippen LogP contribution in [0.25, 0.3) is 0 Å². The second-order valence-electron chi connectivity index (χ2n) is 6.43. The first kappa shape index (κ1) is 18.2. The topological polar surface area (TPSA) is 61.1 Å². The minimum atomic E-state index is -0.0907. The Hall–Kier alpha value is -2.63. The highest BCUT2D eigenvalue weighted by Crippen LogP contribution is 2.39. The highest BCUT2D eigenvalue weighted by Gasteiger charge is 2.37. The molecular weight excluding hydrogens is 334 g/mol. The fourth-order valence-corrected chi connectivity index (χ4v) is 3.26. The summed E-state index contributed by atoms with van der Waals surface area (Å²) < 4.78 is 21.6. The second-order valence-corrected chi connectivity index (χ2v) is 6.43. The molecule has 1 heterocycles. The van der Waals surface area contributed by atoms with Gasteiger partial charge in [0.2, 0.25) is 11.7 Å². The third-order valence-electron chi connectivity index (χ3n) is 4.68. The van der Waals surface area contributed by atoms with Gasteiger partial charge >= 0.3 is 0 Å². The molecule has 1 aromatic carbocycles. The number of methoxy groups -OCH3 is 3. The lowest BCUT2D eigenvalue weighted by molar-refractivity contribution is -0.133. The number of hydrogen-bond acceptors (Lipinski definition) is 5. The molecule has 0 spiro atoms. The van der Waals surface area contributed by atoms with Crippen LogP contribution in [0.3, 0.4) is 0 Å². The fourth-order valence-electron chi connectivity index (χ4n) is 3.26. The Balaban J connectivity index is 1.83. The number of rotatable bonds is 8. The Morgan fingerprint density at radius 3 is 2.31 bits per heavy atom. The van der Waals surface area contributed by atoms with Gasteiger partial charge in [0.1, 0.15) is 5.76 Å². The Morgan fingerprint density at radius 2 is 1.85 bits per heavy atom. The Morgan fingerprint density at radius 1 is 1.19 bits per heavy atom. The molecular formula is C20H25NO5. The van der Waals surface area contributed by atoms with Gasteiger partial charge in [0.05, 0.1) is 40.1 Å². The quantitative estimate of drug-likeness (QED) is 0.721. The van der Waals surface area contributed by atoms with Crippen molar-refractivity contribution >= 4 is 5.91 Å². The SMILES string of the molecule is COc1cc(CC(=O)N(C2CC2)C(C)c2ccco2)cc(OC)c1OC. The van der Waals surface area contributed by atoms with E-state index in [0.717, 1.165) is 24.2 Å². The molecule has 140 valence electrons. The lowest BCUT2D eigenvalue weighted by Gasteiger charge is -2.28. The van der Waals surface area contributed by atoms with Crippen LogP contribution < -0.4 is 14.2 Å². The van der Waals surface area contributed by atoms with Gasteiger partial charge in [0, 0.05) is 6.04 Å². The van der Waals surface area contributed by atoms with Gasteiger partial charge in [-0.15, -0.1) is 0 Å². The van der Waals surface area contributed by atoms with E-state index in [1.807, 2.05) is 36.1 Å². The zero-order valence-corrected chi connectivity index (χ0v) is 15.7. The van der Waals surface area contributed by atoms with Crippen molar-refractivity contribution in [3.05, 3.63) is 41.9 Å². The van der Waals surface area contributed by atoms with E-state index in [-0.39, 0.29) is 24.4 Å². The molecule has 1 atom stereocenters. The van der Waals surface area contributed by atoms with Crippen molar-refractivity contribution < 1.29 is 23.4 Å². The molecule has 0 saturated heterocycles. The minimum Gasteiger partial charge on any atom is -0.493 e. The van der Waals surface area contributed by atoms with E-state index in [9.17, 15) is 4.79 Å². The van der Waals surface area contributed by atoms with Crippen LogP contribution >= 0.6 is 0 Å². The van der Waals surface area contributed by atoms with Crippen molar-refractivity contribution in [1.29, 1.82) is 0 Å². The van der Waals surface area contributed by atoms with Crippen molar-refractivity contribution in [2.24, 2.45) is 0 Å². The summed E-state index contributed by atoms with van der Waals surface area (Å²) in [7, 11) is 4.70. The van der Waals surface area contributed by atoms with Crippen LogP contribution in [-0.2, 0) is 11.2 Å². The van der Waals surface area contributed by atoms with Gasteiger partial charge in [-0.1, -0.05) is 0 Å². The number of ether oxygens (including phenoxy) is 3. The van der Waals surface area contributed by atoms with Gasteiger partial charge in [-0.2, -0.15) is 0 Å². The molecule has 0 N–H and O–H groups in total. The zero-order chi connectivity index (χ0) is 18.7. The number of hydrogen-bond donors (Lipinski definition) is 0. The molecule has 0 aliphatic heterocycles. The number of amides is 1. The largest absolute Gasteiger partial charge is 0.493 e. The first-order chi connectivity index (χ1) is 12.6. The number of carbonyl (C=O) groups excluding carboxylic acids is 1. The third kappa shape index (κ3) is 3.64. The molecule has 2 aromatic rings. The summed E-state index contributed by atoms with van der Waals surface area (Å²) in [4.78, 5) is 15.0. The number of benzene rings is 1. The van der Waals surface area contributed by atoms with Gasteiger partial charge in [0.25, 0.3) is 0 Å². The fraction of sp³-hybridized carbons (Fsp3) is 0.450. The summed E-state index contributed by atoms with van der Waals surface area (Å²) in [6.07, 6.45) is 3.97. The Labute approximate surface area is 153 Å². The van der Waals surface area contributed by atoms with Crippen LogP contribution in [-0.4, -0.2) is 38.2 Å². The van der Waals surface area contributed by atoms with Gasteiger partial charge in [-0.05, 0) is 49.6 Å². The van der Waals surface area contributed by atoms with E-state index in [2.05, 4.69) is 0 Å². The molecule has 6 heteroatoms. The van der Waals surface area contributed by atoms with Gasteiger partial charge in [0.15, 0.2) is 11.5 Å². The van der Waals surface area contributed by atoms with Crippen molar-refractivity contribution in [1.82, 2.24) is 4.90 Å². The summed E-state index contributed by atoms with van der Waals surface area (Å²) in [5, 5.41) is 0. The molecule has 3 rings (SSSR count). The molecule has 0 radical (unpaired) electrons. The minimum absolute atomic E-state index is 0.0608. The normalized spacial score (nSPS) is 14.6.